The number of aryl methyl sites for hydroxylation is 1. The Bertz CT molecular complexity index is 1140. The van der Waals surface area contributed by atoms with Gasteiger partial charge in [-0.3, -0.25) is 9.59 Å². The first-order valence-corrected chi connectivity index (χ1v) is 11.6. The molecule has 158 valence electrons. The van der Waals surface area contributed by atoms with Crippen LogP contribution in [0.15, 0.2) is 75.7 Å². The van der Waals surface area contributed by atoms with Crippen molar-refractivity contribution in [3.05, 3.63) is 97.9 Å². The molecule has 3 aromatic carbocycles. The van der Waals surface area contributed by atoms with Gasteiger partial charge in [0.25, 0.3) is 5.91 Å². The zero-order valence-corrected chi connectivity index (χ0v) is 20.1. The molecule has 0 spiro atoms. The van der Waals surface area contributed by atoms with Gasteiger partial charge in [0, 0.05) is 20.1 Å². The van der Waals surface area contributed by atoms with Crippen LogP contribution in [0.4, 0.5) is 5.69 Å². The lowest BCUT2D eigenvalue weighted by Crippen LogP contribution is -2.41. The lowest BCUT2D eigenvalue weighted by molar-refractivity contribution is -0.136. The van der Waals surface area contributed by atoms with E-state index in [1.807, 2.05) is 49.4 Å². The van der Waals surface area contributed by atoms with Crippen LogP contribution in [-0.2, 0) is 23.4 Å². The SMILES string of the molecule is CCc1ccc(C(=O)CC2(O)C(=O)N(Cc3ccc(Br)cc3)c3ccc(Br)cc32)cc1. The lowest BCUT2D eigenvalue weighted by atomic mass is 9.88. The third kappa shape index (κ3) is 4.25. The predicted octanol–water partition coefficient (Wildman–Crippen LogP) is 5.78. The van der Waals surface area contributed by atoms with Crippen LogP contribution in [-0.4, -0.2) is 16.8 Å². The van der Waals surface area contributed by atoms with E-state index in [0.29, 0.717) is 23.4 Å². The molecule has 0 saturated heterocycles. The zero-order chi connectivity index (χ0) is 22.2. The normalized spacial score (nSPS) is 17.7. The topological polar surface area (TPSA) is 57.6 Å². The summed E-state index contributed by atoms with van der Waals surface area (Å²) in [7, 11) is 0. The van der Waals surface area contributed by atoms with E-state index >= 15 is 0 Å². The van der Waals surface area contributed by atoms with E-state index in [-0.39, 0.29) is 12.2 Å². The third-order valence-electron chi connectivity index (χ3n) is 5.65. The standard InChI is InChI=1S/C25H21Br2NO3/c1-2-16-3-7-18(8-4-16)23(29)14-25(31)21-13-20(27)11-12-22(21)28(24(25)30)15-17-5-9-19(26)10-6-17/h3-13,31H,2,14-15H2,1H3. The first-order valence-electron chi connectivity index (χ1n) is 10.0. The molecule has 31 heavy (non-hydrogen) atoms. The number of anilines is 1. The number of rotatable bonds is 6. The van der Waals surface area contributed by atoms with Crippen molar-refractivity contribution < 1.29 is 14.7 Å². The number of aliphatic hydroxyl groups is 1. The van der Waals surface area contributed by atoms with Crippen molar-refractivity contribution in [2.75, 3.05) is 4.90 Å². The van der Waals surface area contributed by atoms with E-state index in [1.54, 1.807) is 29.2 Å². The Morgan fingerprint density at radius 1 is 0.935 bits per heavy atom. The highest BCUT2D eigenvalue weighted by molar-refractivity contribution is 9.10. The van der Waals surface area contributed by atoms with Gasteiger partial charge in [0.05, 0.1) is 18.7 Å². The molecule has 1 aliphatic rings. The van der Waals surface area contributed by atoms with Gasteiger partial charge >= 0.3 is 0 Å². The first kappa shape index (κ1) is 21.9. The molecule has 1 heterocycles. The molecular weight excluding hydrogens is 522 g/mol. The summed E-state index contributed by atoms with van der Waals surface area (Å²) in [6.45, 7) is 2.36. The van der Waals surface area contributed by atoms with Crippen molar-refractivity contribution in [1.82, 2.24) is 0 Å². The number of hydrogen-bond donors (Lipinski definition) is 1. The number of carbonyl (C=O) groups is 2. The summed E-state index contributed by atoms with van der Waals surface area (Å²) in [5.41, 5.74) is 1.70. The Balaban J connectivity index is 1.67. The Hall–Kier alpha value is -2.28. The number of carbonyl (C=O) groups excluding carboxylic acids is 2. The van der Waals surface area contributed by atoms with Crippen LogP contribution < -0.4 is 4.90 Å². The molecule has 1 unspecified atom stereocenters. The Morgan fingerprint density at radius 2 is 1.55 bits per heavy atom. The highest BCUT2D eigenvalue weighted by Gasteiger charge is 2.51. The van der Waals surface area contributed by atoms with Crippen molar-refractivity contribution in [1.29, 1.82) is 0 Å². The smallest absolute Gasteiger partial charge is 0.264 e. The molecule has 4 nitrogen and oxygen atoms in total. The molecule has 4 rings (SSSR count). The van der Waals surface area contributed by atoms with Crippen LogP contribution in [0.2, 0.25) is 0 Å². The second-order valence-electron chi connectivity index (χ2n) is 7.69. The maximum atomic E-state index is 13.4. The Labute approximate surface area is 198 Å². The molecule has 1 N–H and O–H groups in total. The number of halogens is 2. The first-order chi connectivity index (χ1) is 14.8. The number of nitrogens with zero attached hydrogens (tertiary/aromatic N) is 1. The fourth-order valence-electron chi connectivity index (χ4n) is 3.88. The number of hydrogen-bond acceptors (Lipinski definition) is 3. The summed E-state index contributed by atoms with van der Waals surface area (Å²) in [6.07, 6.45) is 0.570. The van der Waals surface area contributed by atoms with Crippen LogP contribution in [0.3, 0.4) is 0 Å². The molecule has 0 fully saturated rings. The van der Waals surface area contributed by atoms with Gasteiger partial charge < -0.3 is 10.0 Å². The maximum absolute atomic E-state index is 13.4. The van der Waals surface area contributed by atoms with Crippen molar-refractivity contribution >= 4 is 49.2 Å². The number of amides is 1. The van der Waals surface area contributed by atoms with Crippen LogP contribution >= 0.6 is 31.9 Å². The molecule has 0 bridgehead atoms. The van der Waals surface area contributed by atoms with Gasteiger partial charge in [0.1, 0.15) is 0 Å². The summed E-state index contributed by atoms with van der Waals surface area (Å²) in [5.74, 6) is -0.753. The highest BCUT2D eigenvalue weighted by Crippen LogP contribution is 2.44. The molecular formula is C25H21Br2NO3. The molecule has 1 amide bonds. The average Bonchev–Trinajstić information content (AvgIpc) is 2.96. The molecule has 0 radical (unpaired) electrons. The predicted molar refractivity (Wildman–Crippen MR) is 128 cm³/mol. The number of benzene rings is 3. The minimum atomic E-state index is -1.91. The van der Waals surface area contributed by atoms with Gasteiger partial charge in [-0.1, -0.05) is 75.2 Å². The molecule has 0 aliphatic carbocycles. The highest BCUT2D eigenvalue weighted by atomic mass is 79.9. The molecule has 1 aliphatic heterocycles. The second-order valence-corrected chi connectivity index (χ2v) is 9.52. The fourth-order valence-corrected chi connectivity index (χ4v) is 4.51. The summed E-state index contributed by atoms with van der Waals surface area (Å²) in [6, 6.07) is 20.3. The molecule has 3 aromatic rings. The van der Waals surface area contributed by atoms with Crippen LogP contribution in [0.25, 0.3) is 0 Å². The van der Waals surface area contributed by atoms with Crippen molar-refractivity contribution in [2.24, 2.45) is 0 Å². The van der Waals surface area contributed by atoms with Gasteiger partial charge in [-0.25, -0.2) is 0 Å². The van der Waals surface area contributed by atoms with E-state index in [0.717, 1.165) is 26.5 Å². The van der Waals surface area contributed by atoms with Crippen molar-refractivity contribution in [2.45, 2.75) is 31.9 Å². The molecule has 0 aromatic heterocycles. The van der Waals surface area contributed by atoms with Crippen molar-refractivity contribution in [3.8, 4) is 0 Å². The van der Waals surface area contributed by atoms with Gasteiger partial charge in [-0.15, -0.1) is 0 Å². The van der Waals surface area contributed by atoms with E-state index in [4.69, 9.17) is 0 Å². The van der Waals surface area contributed by atoms with Crippen LogP contribution in [0.5, 0.6) is 0 Å². The van der Waals surface area contributed by atoms with E-state index < -0.39 is 11.5 Å². The molecule has 6 heteroatoms. The average molecular weight is 543 g/mol. The van der Waals surface area contributed by atoms with Gasteiger partial charge in [0.15, 0.2) is 11.4 Å². The van der Waals surface area contributed by atoms with Crippen molar-refractivity contribution in [3.63, 3.8) is 0 Å². The monoisotopic (exact) mass is 541 g/mol. The lowest BCUT2D eigenvalue weighted by Gasteiger charge is -2.23. The van der Waals surface area contributed by atoms with Gasteiger partial charge in [-0.05, 0) is 47.9 Å². The summed E-state index contributed by atoms with van der Waals surface area (Å²) in [4.78, 5) is 28.0. The van der Waals surface area contributed by atoms with Gasteiger partial charge in [-0.2, -0.15) is 0 Å². The Morgan fingerprint density at radius 3 is 2.19 bits per heavy atom. The minimum absolute atomic E-state index is 0.269. The Kier molecular flexibility index (Phi) is 6.15. The van der Waals surface area contributed by atoms with Crippen LogP contribution in [0.1, 0.15) is 40.4 Å². The van der Waals surface area contributed by atoms with Gasteiger partial charge in [0.2, 0.25) is 0 Å². The van der Waals surface area contributed by atoms with E-state index in [1.165, 1.54) is 0 Å². The largest absolute Gasteiger partial charge is 0.375 e. The third-order valence-corrected chi connectivity index (χ3v) is 6.67. The fraction of sp³-hybridized carbons (Fsp3) is 0.200. The number of Topliss-reactive ketones (excluding diaryl/α,β-unsaturated/α-hetero) is 1. The second kappa shape index (κ2) is 8.69. The zero-order valence-electron chi connectivity index (χ0n) is 16.9. The summed E-state index contributed by atoms with van der Waals surface area (Å²) >= 11 is 6.84. The van der Waals surface area contributed by atoms with E-state index in [2.05, 4.69) is 31.9 Å². The number of ketones is 1. The minimum Gasteiger partial charge on any atom is -0.375 e. The number of fused-ring (bicyclic) bond motifs is 1. The summed E-state index contributed by atoms with van der Waals surface area (Å²) < 4.78 is 1.69. The molecule has 1 atom stereocenters. The quantitative estimate of drug-likeness (QED) is 0.401. The van der Waals surface area contributed by atoms with Crippen LogP contribution in [0, 0.1) is 0 Å². The summed E-state index contributed by atoms with van der Waals surface area (Å²) in [5, 5.41) is 11.5. The molecule has 0 saturated carbocycles. The maximum Gasteiger partial charge on any atom is 0.264 e. The van der Waals surface area contributed by atoms with E-state index in [9.17, 15) is 14.7 Å².